The third-order valence-corrected chi connectivity index (χ3v) is 5.79. The molecule has 0 aromatic heterocycles. The van der Waals surface area contributed by atoms with Gasteiger partial charge >= 0.3 is 0 Å². The number of hydrogen-bond acceptors (Lipinski definition) is 4. The van der Waals surface area contributed by atoms with Gasteiger partial charge in [-0.2, -0.15) is 0 Å². The highest BCUT2D eigenvalue weighted by Crippen LogP contribution is 2.33. The van der Waals surface area contributed by atoms with E-state index < -0.39 is 12.1 Å². The van der Waals surface area contributed by atoms with Gasteiger partial charge in [-0.3, -0.25) is 9.59 Å². The van der Waals surface area contributed by atoms with Crippen LogP contribution in [-0.4, -0.2) is 67.2 Å². The Morgan fingerprint density at radius 3 is 2.54 bits per heavy atom. The first-order valence-corrected chi connectivity index (χ1v) is 10.3. The predicted molar refractivity (Wildman–Crippen MR) is 107 cm³/mol. The van der Waals surface area contributed by atoms with E-state index in [1.54, 1.807) is 9.80 Å². The van der Waals surface area contributed by atoms with Crippen molar-refractivity contribution in [2.45, 2.75) is 51.3 Å². The molecule has 1 aromatic carbocycles. The Kier molecular flexibility index (Phi) is 7.08. The molecule has 0 unspecified atom stereocenters. The molecule has 154 valence electrons. The lowest BCUT2D eigenvalue weighted by Crippen LogP contribution is -2.56. The van der Waals surface area contributed by atoms with Crippen LogP contribution in [0.3, 0.4) is 0 Å². The van der Waals surface area contributed by atoms with Gasteiger partial charge in [-0.25, -0.2) is 0 Å². The minimum absolute atomic E-state index is 0.00977. The van der Waals surface area contributed by atoms with E-state index in [0.717, 1.165) is 38.0 Å². The first kappa shape index (κ1) is 20.8. The first-order valence-electron chi connectivity index (χ1n) is 10.3. The van der Waals surface area contributed by atoms with Crippen molar-refractivity contribution >= 4 is 11.8 Å². The standard InChI is InChI=1S/C22H32N2O4/c1-16(2)24-19(25)15-28-21(20(24)18-7-5-4-6-8-18)22(26)23(3)12-9-17-10-13-27-14-11-17/h4-8,16-17,20-21H,9-15H2,1-3H3/t20-,21+/m1/s1. The maximum absolute atomic E-state index is 13.3. The molecule has 2 fully saturated rings. The molecule has 2 saturated heterocycles. The Hall–Kier alpha value is -1.92. The normalized spacial score (nSPS) is 23.9. The Morgan fingerprint density at radius 2 is 1.89 bits per heavy atom. The molecule has 2 aliphatic heterocycles. The van der Waals surface area contributed by atoms with Crippen LogP contribution in [0, 0.1) is 5.92 Å². The summed E-state index contributed by atoms with van der Waals surface area (Å²) in [7, 11) is 1.84. The molecule has 28 heavy (non-hydrogen) atoms. The molecule has 0 spiro atoms. The molecular weight excluding hydrogens is 356 g/mol. The number of amides is 2. The monoisotopic (exact) mass is 388 g/mol. The highest BCUT2D eigenvalue weighted by atomic mass is 16.5. The van der Waals surface area contributed by atoms with E-state index in [2.05, 4.69) is 0 Å². The topological polar surface area (TPSA) is 59.1 Å². The Bertz CT molecular complexity index is 658. The summed E-state index contributed by atoms with van der Waals surface area (Å²) in [4.78, 5) is 29.4. The largest absolute Gasteiger partial charge is 0.381 e. The van der Waals surface area contributed by atoms with Crippen LogP contribution in [0.4, 0.5) is 0 Å². The third kappa shape index (κ3) is 4.73. The molecule has 0 aliphatic carbocycles. The van der Waals surface area contributed by atoms with Crippen LogP contribution in [-0.2, 0) is 19.1 Å². The van der Waals surface area contributed by atoms with Gasteiger partial charge in [0, 0.05) is 32.8 Å². The molecule has 2 atom stereocenters. The zero-order chi connectivity index (χ0) is 20.1. The maximum Gasteiger partial charge on any atom is 0.253 e. The average molecular weight is 389 g/mol. The number of morpholine rings is 1. The zero-order valence-corrected chi connectivity index (χ0v) is 17.2. The molecule has 2 amide bonds. The van der Waals surface area contributed by atoms with Crippen molar-refractivity contribution in [3.63, 3.8) is 0 Å². The second-order valence-electron chi connectivity index (χ2n) is 8.09. The third-order valence-electron chi connectivity index (χ3n) is 5.79. The smallest absolute Gasteiger partial charge is 0.253 e. The molecule has 0 bridgehead atoms. The highest BCUT2D eigenvalue weighted by Gasteiger charge is 2.43. The fourth-order valence-electron chi connectivity index (χ4n) is 4.17. The number of benzene rings is 1. The molecule has 6 heteroatoms. The van der Waals surface area contributed by atoms with Crippen LogP contribution in [0.2, 0.25) is 0 Å². The van der Waals surface area contributed by atoms with Gasteiger partial charge in [0.25, 0.3) is 5.91 Å². The number of rotatable bonds is 6. The minimum atomic E-state index is -0.679. The molecule has 1 aromatic rings. The van der Waals surface area contributed by atoms with Gasteiger partial charge in [0.2, 0.25) is 5.91 Å². The number of nitrogens with zero attached hydrogens (tertiary/aromatic N) is 2. The lowest BCUT2D eigenvalue weighted by molar-refractivity contribution is -0.171. The van der Waals surface area contributed by atoms with E-state index in [1.807, 2.05) is 51.2 Å². The van der Waals surface area contributed by atoms with E-state index in [9.17, 15) is 9.59 Å². The summed E-state index contributed by atoms with van der Waals surface area (Å²) in [6.45, 7) is 6.24. The van der Waals surface area contributed by atoms with Crippen LogP contribution in [0.1, 0.15) is 44.7 Å². The van der Waals surface area contributed by atoms with Crippen molar-refractivity contribution in [3.05, 3.63) is 35.9 Å². The molecule has 0 saturated carbocycles. The van der Waals surface area contributed by atoms with Crippen molar-refractivity contribution < 1.29 is 19.1 Å². The highest BCUT2D eigenvalue weighted by molar-refractivity contribution is 5.86. The van der Waals surface area contributed by atoms with E-state index in [1.165, 1.54) is 0 Å². The second-order valence-corrected chi connectivity index (χ2v) is 8.09. The van der Waals surface area contributed by atoms with Crippen molar-refractivity contribution in [3.8, 4) is 0 Å². The molecule has 3 rings (SSSR count). The van der Waals surface area contributed by atoms with Gasteiger partial charge < -0.3 is 19.3 Å². The molecular formula is C22H32N2O4. The van der Waals surface area contributed by atoms with E-state index in [0.29, 0.717) is 12.5 Å². The average Bonchev–Trinajstić information content (AvgIpc) is 2.72. The minimum Gasteiger partial charge on any atom is -0.381 e. The predicted octanol–water partition coefficient (Wildman–Crippen LogP) is 2.64. The van der Waals surface area contributed by atoms with Gasteiger partial charge in [-0.15, -0.1) is 0 Å². The molecule has 0 radical (unpaired) electrons. The van der Waals surface area contributed by atoms with Crippen LogP contribution < -0.4 is 0 Å². The van der Waals surface area contributed by atoms with E-state index >= 15 is 0 Å². The number of carbonyl (C=O) groups excluding carboxylic acids is 2. The summed E-state index contributed by atoms with van der Waals surface area (Å²) >= 11 is 0. The first-order chi connectivity index (χ1) is 13.5. The van der Waals surface area contributed by atoms with Crippen LogP contribution >= 0.6 is 0 Å². The van der Waals surface area contributed by atoms with Crippen LogP contribution in [0.25, 0.3) is 0 Å². The Morgan fingerprint density at radius 1 is 1.21 bits per heavy atom. The summed E-state index contributed by atoms with van der Waals surface area (Å²) in [5.74, 6) is 0.478. The van der Waals surface area contributed by atoms with E-state index in [-0.39, 0.29) is 24.5 Å². The van der Waals surface area contributed by atoms with Gasteiger partial charge in [-0.05, 0) is 44.6 Å². The number of hydrogen-bond donors (Lipinski definition) is 0. The van der Waals surface area contributed by atoms with Gasteiger partial charge in [0.1, 0.15) is 6.61 Å². The van der Waals surface area contributed by atoms with Crippen LogP contribution in [0.15, 0.2) is 30.3 Å². The number of carbonyl (C=O) groups is 2. The second kappa shape index (κ2) is 9.52. The lowest BCUT2D eigenvalue weighted by Gasteiger charge is -2.43. The SMILES string of the molecule is CC(C)N1C(=O)CO[C@H](C(=O)N(C)CCC2CCOCC2)[C@H]1c1ccccc1. The molecule has 2 aliphatic rings. The summed E-state index contributed by atoms with van der Waals surface area (Å²) < 4.78 is 11.2. The summed E-state index contributed by atoms with van der Waals surface area (Å²) in [6.07, 6.45) is 2.41. The summed E-state index contributed by atoms with van der Waals surface area (Å²) in [6, 6.07) is 9.32. The zero-order valence-electron chi connectivity index (χ0n) is 17.2. The molecule has 0 N–H and O–H groups in total. The van der Waals surface area contributed by atoms with Gasteiger partial charge in [0.05, 0.1) is 6.04 Å². The maximum atomic E-state index is 13.3. The van der Waals surface area contributed by atoms with E-state index in [4.69, 9.17) is 9.47 Å². The number of likely N-dealkylation sites (N-methyl/N-ethyl adjacent to an activating group) is 1. The Balaban J connectivity index is 1.75. The lowest BCUT2D eigenvalue weighted by atomic mass is 9.94. The molecule has 2 heterocycles. The summed E-state index contributed by atoms with van der Waals surface area (Å²) in [5, 5.41) is 0. The quantitative estimate of drug-likeness (QED) is 0.752. The molecule has 6 nitrogen and oxygen atoms in total. The fraction of sp³-hybridized carbons (Fsp3) is 0.636. The Labute approximate surface area is 167 Å². The van der Waals surface area contributed by atoms with Crippen LogP contribution in [0.5, 0.6) is 0 Å². The number of ether oxygens (including phenoxy) is 2. The van der Waals surface area contributed by atoms with Gasteiger partial charge in [-0.1, -0.05) is 30.3 Å². The van der Waals surface area contributed by atoms with Crippen molar-refractivity contribution in [2.75, 3.05) is 33.4 Å². The summed E-state index contributed by atoms with van der Waals surface area (Å²) in [5.41, 5.74) is 0.931. The van der Waals surface area contributed by atoms with Crippen molar-refractivity contribution in [2.24, 2.45) is 5.92 Å². The van der Waals surface area contributed by atoms with Gasteiger partial charge in [0.15, 0.2) is 6.10 Å². The van der Waals surface area contributed by atoms with Crippen molar-refractivity contribution in [1.82, 2.24) is 9.80 Å². The van der Waals surface area contributed by atoms with Crippen molar-refractivity contribution in [1.29, 1.82) is 0 Å². The fourth-order valence-corrected chi connectivity index (χ4v) is 4.17.